The van der Waals surface area contributed by atoms with Gasteiger partial charge in [-0.2, -0.15) is 0 Å². The van der Waals surface area contributed by atoms with Crippen LogP contribution in [0.4, 0.5) is 0 Å². The van der Waals surface area contributed by atoms with Crippen molar-refractivity contribution in [1.29, 1.82) is 0 Å². The van der Waals surface area contributed by atoms with Crippen LogP contribution in [-0.4, -0.2) is 29.9 Å². The van der Waals surface area contributed by atoms with Gasteiger partial charge in [-0.05, 0) is 41.0 Å². The van der Waals surface area contributed by atoms with Crippen molar-refractivity contribution in [3.63, 3.8) is 0 Å². The summed E-state index contributed by atoms with van der Waals surface area (Å²) in [5, 5.41) is 0. The summed E-state index contributed by atoms with van der Waals surface area (Å²) in [6.45, 7) is 0.611. The van der Waals surface area contributed by atoms with Crippen LogP contribution in [0.3, 0.4) is 0 Å². The second-order valence-electron chi connectivity index (χ2n) is 7.39. The Morgan fingerprint density at radius 1 is 0.935 bits per heavy atom. The van der Waals surface area contributed by atoms with Gasteiger partial charge in [-0.3, -0.25) is 14.4 Å². The van der Waals surface area contributed by atoms with Crippen LogP contribution in [0.2, 0.25) is 0 Å². The van der Waals surface area contributed by atoms with Gasteiger partial charge in [-0.25, -0.2) is 5.48 Å². The van der Waals surface area contributed by atoms with E-state index in [1.165, 1.54) is 0 Å². The predicted molar refractivity (Wildman–Crippen MR) is 116 cm³/mol. The average molecular weight is 416 g/mol. The lowest BCUT2D eigenvalue weighted by Crippen LogP contribution is -2.52. The zero-order valence-corrected chi connectivity index (χ0v) is 17.3. The fourth-order valence-corrected chi connectivity index (χ4v) is 3.70. The molecule has 1 atom stereocenters. The van der Waals surface area contributed by atoms with Crippen LogP contribution in [0.1, 0.15) is 27.0 Å². The SMILES string of the molecule is COc1ccc(C(=O)N2Cc3ccccc3C[C@@H]2C(=O)NOCc2ccccc2)cc1. The Labute approximate surface area is 181 Å². The number of rotatable bonds is 6. The van der Waals surface area contributed by atoms with E-state index in [1.54, 1.807) is 36.3 Å². The van der Waals surface area contributed by atoms with Crippen LogP contribution in [0.5, 0.6) is 5.75 Å². The molecule has 1 heterocycles. The largest absolute Gasteiger partial charge is 0.497 e. The molecule has 1 aliphatic heterocycles. The molecule has 0 saturated heterocycles. The summed E-state index contributed by atoms with van der Waals surface area (Å²) in [5.41, 5.74) is 6.08. The van der Waals surface area contributed by atoms with Crippen molar-refractivity contribution < 1.29 is 19.2 Å². The molecular weight excluding hydrogens is 392 g/mol. The molecule has 0 aromatic heterocycles. The summed E-state index contributed by atoms with van der Waals surface area (Å²) in [6.07, 6.45) is 0.429. The molecule has 1 aliphatic rings. The van der Waals surface area contributed by atoms with E-state index >= 15 is 0 Å². The molecule has 4 rings (SSSR count). The number of carbonyl (C=O) groups is 2. The normalized spacial score (nSPS) is 15.1. The molecule has 0 bridgehead atoms. The molecule has 2 amide bonds. The van der Waals surface area contributed by atoms with Gasteiger partial charge in [0.25, 0.3) is 11.8 Å². The van der Waals surface area contributed by atoms with Crippen molar-refractivity contribution >= 4 is 11.8 Å². The Bertz CT molecular complexity index is 1050. The predicted octanol–water partition coefficient (Wildman–Crippen LogP) is 3.51. The van der Waals surface area contributed by atoms with E-state index in [4.69, 9.17) is 9.57 Å². The monoisotopic (exact) mass is 416 g/mol. The summed E-state index contributed by atoms with van der Waals surface area (Å²) in [5.74, 6) is 0.122. The van der Waals surface area contributed by atoms with E-state index < -0.39 is 6.04 Å². The first kappa shape index (κ1) is 20.6. The number of hydrogen-bond donors (Lipinski definition) is 1. The molecule has 6 heteroatoms. The zero-order chi connectivity index (χ0) is 21.6. The van der Waals surface area contributed by atoms with Gasteiger partial charge >= 0.3 is 0 Å². The van der Waals surface area contributed by atoms with Gasteiger partial charge in [0.1, 0.15) is 11.8 Å². The smallest absolute Gasteiger partial charge is 0.266 e. The van der Waals surface area contributed by atoms with Crippen molar-refractivity contribution in [3.8, 4) is 5.75 Å². The quantitative estimate of drug-likeness (QED) is 0.625. The molecule has 3 aromatic rings. The van der Waals surface area contributed by atoms with Crippen LogP contribution in [0.15, 0.2) is 78.9 Å². The number of amides is 2. The number of methoxy groups -OCH3 is 1. The van der Waals surface area contributed by atoms with E-state index in [0.717, 1.165) is 16.7 Å². The molecule has 3 aromatic carbocycles. The average Bonchev–Trinajstić information content (AvgIpc) is 2.83. The second kappa shape index (κ2) is 9.45. The molecule has 6 nitrogen and oxygen atoms in total. The molecule has 0 unspecified atom stereocenters. The molecule has 158 valence electrons. The fourth-order valence-electron chi connectivity index (χ4n) is 3.70. The number of hydroxylamine groups is 1. The fraction of sp³-hybridized carbons (Fsp3) is 0.200. The summed E-state index contributed by atoms with van der Waals surface area (Å²) in [7, 11) is 1.58. The summed E-state index contributed by atoms with van der Waals surface area (Å²) >= 11 is 0. The maximum atomic E-state index is 13.3. The third kappa shape index (κ3) is 4.75. The minimum absolute atomic E-state index is 0.208. The number of carbonyl (C=O) groups excluding carboxylic acids is 2. The van der Waals surface area contributed by atoms with Gasteiger partial charge in [0, 0.05) is 18.5 Å². The highest BCUT2D eigenvalue weighted by atomic mass is 16.6. The van der Waals surface area contributed by atoms with Gasteiger partial charge in [0.2, 0.25) is 0 Å². The van der Waals surface area contributed by atoms with Gasteiger partial charge in [0.05, 0.1) is 13.7 Å². The Hall–Kier alpha value is -3.64. The summed E-state index contributed by atoms with van der Waals surface area (Å²) < 4.78 is 5.18. The van der Waals surface area contributed by atoms with Crippen molar-refractivity contribution in [2.45, 2.75) is 25.6 Å². The molecular formula is C25H24N2O4. The number of nitrogens with zero attached hydrogens (tertiary/aromatic N) is 1. The van der Waals surface area contributed by atoms with E-state index in [9.17, 15) is 9.59 Å². The van der Waals surface area contributed by atoms with E-state index in [-0.39, 0.29) is 18.4 Å². The number of hydrogen-bond acceptors (Lipinski definition) is 4. The van der Waals surface area contributed by atoms with Crippen molar-refractivity contribution in [2.75, 3.05) is 7.11 Å². The number of fused-ring (bicyclic) bond motifs is 1. The molecule has 0 radical (unpaired) electrons. The first-order chi connectivity index (χ1) is 15.2. The minimum atomic E-state index is -0.666. The lowest BCUT2D eigenvalue weighted by Gasteiger charge is -2.36. The van der Waals surface area contributed by atoms with Crippen LogP contribution in [0, 0.1) is 0 Å². The lowest BCUT2D eigenvalue weighted by atomic mass is 9.93. The second-order valence-corrected chi connectivity index (χ2v) is 7.39. The van der Waals surface area contributed by atoms with Crippen LogP contribution >= 0.6 is 0 Å². The van der Waals surface area contributed by atoms with Gasteiger partial charge in [-0.15, -0.1) is 0 Å². The van der Waals surface area contributed by atoms with Crippen molar-refractivity contribution in [2.24, 2.45) is 0 Å². The Morgan fingerprint density at radius 2 is 1.61 bits per heavy atom. The Kier molecular flexibility index (Phi) is 6.29. The van der Waals surface area contributed by atoms with Crippen LogP contribution in [-0.2, 0) is 29.2 Å². The topological polar surface area (TPSA) is 67.9 Å². The number of nitrogens with one attached hydrogen (secondary N) is 1. The Balaban J connectivity index is 1.52. The lowest BCUT2D eigenvalue weighted by molar-refractivity contribution is -0.139. The van der Waals surface area contributed by atoms with E-state index in [1.807, 2.05) is 54.6 Å². The maximum absolute atomic E-state index is 13.3. The maximum Gasteiger partial charge on any atom is 0.266 e. The zero-order valence-electron chi connectivity index (χ0n) is 17.3. The van der Waals surface area contributed by atoms with E-state index in [0.29, 0.717) is 24.3 Å². The third-order valence-electron chi connectivity index (χ3n) is 5.40. The van der Waals surface area contributed by atoms with Gasteiger partial charge in [-0.1, -0.05) is 54.6 Å². The van der Waals surface area contributed by atoms with Gasteiger partial charge < -0.3 is 9.64 Å². The van der Waals surface area contributed by atoms with Crippen LogP contribution in [0.25, 0.3) is 0 Å². The molecule has 0 spiro atoms. The first-order valence-corrected chi connectivity index (χ1v) is 10.1. The third-order valence-corrected chi connectivity index (χ3v) is 5.40. The Morgan fingerprint density at radius 3 is 2.32 bits per heavy atom. The summed E-state index contributed by atoms with van der Waals surface area (Å²) in [4.78, 5) is 33.3. The first-order valence-electron chi connectivity index (χ1n) is 10.1. The molecule has 0 saturated carbocycles. The van der Waals surface area contributed by atoms with E-state index in [2.05, 4.69) is 5.48 Å². The van der Waals surface area contributed by atoms with Crippen molar-refractivity contribution in [3.05, 3.63) is 101 Å². The molecule has 0 aliphatic carbocycles. The molecule has 0 fully saturated rings. The highest BCUT2D eigenvalue weighted by Gasteiger charge is 2.35. The molecule has 1 N–H and O–H groups in total. The number of benzene rings is 3. The highest BCUT2D eigenvalue weighted by Crippen LogP contribution is 2.26. The standard InChI is InChI=1S/C25H24N2O4/c1-30-22-13-11-19(12-14-22)25(29)27-16-21-10-6-5-9-20(21)15-23(27)24(28)26-31-17-18-7-3-2-4-8-18/h2-14,23H,15-17H2,1H3,(H,26,28)/t23-/m1/s1. The van der Waals surface area contributed by atoms with Gasteiger partial charge in [0.15, 0.2) is 0 Å². The van der Waals surface area contributed by atoms with Crippen molar-refractivity contribution in [1.82, 2.24) is 10.4 Å². The number of ether oxygens (including phenoxy) is 1. The summed E-state index contributed by atoms with van der Waals surface area (Å²) in [6, 6.07) is 23.7. The highest BCUT2D eigenvalue weighted by molar-refractivity contribution is 5.98. The molecule has 31 heavy (non-hydrogen) atoms. The minimum Gasteiger partial charge on any atom is -0.497 e. The van der Waals surface area contributed by atoms with Crippen LogP contribution < -0.4 is 10.2 Å².